The molecule has 1 rings (SSSR count). The van der Waals surface area contributed by atoms with Gasteiger partial charge < -0.3 is 10.5 Å². The summed E-state index contributed by atoms with van der Waals surface area (Å²) in [6, 6.07) is 0. The number of hydrogen-bond donors (Lipinski definition) is 1. The van der Waals surface area contributed by atoms with Gasteiger partial charge in [0.1, 0.15) is 0 Å². The van der Waals surface area contributed by atoms with Gasteiger partial charge in [0.25, 0.3) is 0 Å². The number of carbonyl (C=O) groups excluding carboxylic acids is 1. The van der Waals surface area contributed by atoms with Crippen LogP contribution in [0.5, 0.6) is 0 Å². The van der Waals surface area contributed by atoms with Crippen molar-refractivity contribution in [2.45, 2.75) is 37.6 Å². The molecule has 3 nitrogen and oxygen atoms in total. The van der Waals surface area contributed by atoms with Gasteiger partial charge in [-0.05, 0) is 25.7 Å². The molecule has 0 aromatic rings. The molecule has 0 aromatic carbocycles. The Hall–Kier alpha value is -0.670. The van der Waals surface area contributed by atoms with Crippen molar-refractivity contribution in [3.8, 4) is 0 Å². The standard InChI is InChI=1S/C11H19NO2/c1-2-3-4-5-10(13)11(12)6-8-14-9-7-11/h2H,1,3-9,12H2. The minimum absolute atomic E-state index is 0.183. The Balaban J connectivity index is 2.36. The van der Waals surface area contributed by atoms with Crippen LogP contribution in [0.15, 0.2) is 12.7 Å². The lowest BCUT2D eigenvalue weighted by atomic mass is 9.84. The third-order valence-electron chi connectivity index (χ3n) is 2.75. The van der Waals surface area contributed by atoms with E-state index in [9.17, 15) is 4.79 Å². The van der Waals surface area contributed by atoms with Crippen LogP contribution in [-0.4, -0.2) is 24.5 Å². The van der Waals surface area contributed by atoms with E-state index in [0.717, 1.165) is 12.8 Å². The fraction of sp³-hybridized carbons (Fsp3) is 0.727. The number of hydrogen-bond acceptors (Lipinski definition) is 3. The first-order valence-electron chi connectivity index (χ1n) is 5.20. The molecule has 0 spiro atoms. The predicted octanol–water partition coefficient (Wildman–Crippen LogP) is 1.42. The number of carbonyl (C=O) groups is 1. The van der Waals surface area contributed by atoms with E-state index in [1.165, 1.54) is 0 Å². The quantitative estimate of drug-likeness (QED) is 0.535. The third kappa shape index (κ3) is 2.93. The maximum absolute atomic E-state index is 11.8. The maximum atomic E-state index is 11.8. The number of Topliss-reactive ketones (excluding diaryl/α,β-unsaturated/α-hetero) is 1. The van der Waals surface area contributed by atoms with Crippen molar-refractivity contribution >= 4 is 5.78 Å². The van der Waals surface area contributed by atoms with Crippen LogP contribution in [0.25, 0.3) is 0 Å². The lowest BCUT2D eigenvalue weighted by molar-refractivity contribution is -0.127. The number of nitrogens with two attached hydrogens (primary N) is 1. The minimum Gasteiger partial charge on any atom is -0.381 e. The summed E-state index contributed by atoms with van der Waals surface area (Å²) >= 11 is 0. The van der Waals surface area contributed by atoms with E-state index >= 15 is 0 Å². The number of allylic oxidation sites excluding steroid dienone is 1. The zero-order chi connectivity index (χ0) is 10.4. The first-order valence-corrected chi connectivity index (χ1v) is 5.20. The molecule has 80 valence electrons. The molecule has 0 bridgehead atoms. The van der Waals surface area contributed by atoms with Crippen LogP contribution in [0.2, 0.25) is 0 Å². The van der Waals surface area contributed by atoms with Gasteiger partial charge in [-0.15, -0.1) is 6.58 Å². The molecule has 0 atom stereocenters. The van der Waals surface area contributed by atoms with Crippen molar-refractivity contribution < 1.29 is 9.53 Å². The van der Waals surface area contributed by atoms with Gasteiger partial charge in [-0.2, -0.15) is 0 Å². The van der Waals surface area contributed by atoms with E-state index in [1.54, 1.807) is 0 Å². The maximum Gasteiger partial charge on any atom is 0.152 e. The van der Waals surface area contributed by atoms with Gasteiger partial charge in [-0.3, -0.25) is 4.79 Å². The predicted molar refractivity (Wildman–Crippen MR) is 56.0 cm³/mol. The first kappa shape index (κ1) is 11.4. The molecular formula is C11H19NO2. The molecule has 0 saturated carbocycles. The molecule has 1 saturated heterocycles. The minimum atomic E-state index is -0.612. The Kier molecular flexibility index (Phi) is 4.29. The lowest BCUT2D eigenvalue weighted by Gasteiger charge is -2.31. The summed E-state index contributed by atoms with van der Waals surface area (Å²) in [7, 11) is 0. The Labute approximate surface area is 85.3 Å². The Morgan fingerprint density at radius 1 is 1.50 bits per heavy atom. The highest BCUT2D eigenvalue weighted by atomic mass is 16.5. The van der Waals surface area contributed by atoms with E-state index in [2.05, 4.69) is 6.58 Å². The average Bonchev–Trinajstić information content (AvgIpc) is 2.19. The first-order chi connectivity index (χ1) is 6.69. The summed E-state index contributed by atoms with van der Waals surface area (Å²) in [6.45, 7) is 4.85. The van der Waals surface area contributed by atoms with Gasteiger partial charge in [0.15, 0.2) is 5.78 Å². The summed E-state index contributed by atoms with van der Waals surface area (Å²) in [4.78, 5) is 11.8. The highest BCUT2D eigenvalue weighted by molar-refractivity contribution is 5.88. The fourth-order valence-corrected chi connectivity index (χ4v) is 1.67. The van der Waals surface area contributed by atoms with Gasteiger partial charge >= 0.3 is 0 Å². The van der Waals surface area contributed by atoms with Crippen LogP contribution in [-0.2, 0) is 9.53 Å². The summed E-state index contributed by atoms with van der Waals surface area (Å²) in [5.41, 5.74) is 5.42. The molecular weight excluding hydrogens is 178 g/mol. The van der Waals surface area contributed by atoms with Gasteiger partial charge in [-0.25, -0.2) is 0 Å². The van der Waals surface area contributed by atoms with Crippen LogP contribution in [0.4, 0.5) is 0 Å². The van der Waals surface area contributed by atoms with E-state index < -0.39 is 5.54 Å². The molecule has 3 heteroatoms. The van der Waals surface area contributed by atoms with Crippen molar-refractivity contribution in [3.63, 3.8) is 0 Å². The van der Waals surface area contributed by atoms with Crippen LogP contribution >= 0.6 is 0 Å². The molecule has 1 heterocycles. The molecule has 0 aliphatic carbocycles. The molecule has 0 unspecified atom stereocenters. The number of ketones is 1. The van der Waals surface area contributed by atoms with Crippen molar-refractivity contribution in [2.75, 3.05) is 13.2 Å². The third-order valence-corrected chi connectivity index (χ3v) is 2.75. The average molecular weight is 197 g/mol. The van der Waals surface area contributed by atoms with Crippen molar-refractivity contribution in [2.24, 2.45) is 5.73 Å². The second kappa shape index (κ2) is 5.27. The van der Waals surface area contributed by atoms with Crippen molar-refractivity contribution in [3.05, 3.63) is 12.7 Å². The van der Waals surface area contributed by atoms with Crippen LogP contribution in [0, 0.1) is 0 Å². The largest absolute Gasteiger partial charge is 0.381 e. The normalized spacial score (nSPS) is 20.4. The zero-order valence-electron chi connectivity index (χ0n) is 8.63. The Morgan fingerprint density at radius 2 is 2.14 bits per heavy atom. The van der Waals surface area contributed by atoms with E-state index in [1.807, 2.05) is 6.08 Å². The van der Waals surface area contributed by atoms with Gasteiger partial charge in [-0.1, -0.05) is 6.08 Å². The van der Waals surface area contributed by atoms with Gasteiger partial charge in [0, 0.05) is 19.6 Å². The van der Waals surface area contributed by atoms with E-state index in [-0.39, 0.29) is 5.78 Å². The summed E-state index contributed by atoms with van der Waals surface area (Å²) < 4.78 is 5.19. The van der Waals surface area contributed by atoms with Gasteiger partial charge in [0.2, 0.25) is 0 Å². The second-order valence-corrected chi connectivity index (χ2v) is 3.87. The molecule has 1 aliphatic heterocycles. The van der Waals surface area contributed by atoms with Crippen LogP contribution in [0.3, 0.4) is 0 Å². The summed E-state index contributed by atoms with van der Waals surface area (Å²) in [6.07, 6.45) is 5.49. The monoisotopic (exact) mass is 197 g/mol. The highest BCUT2D eigenvalue weighted by Crippen LogP contribution is 2.21. The molecule has 0 amide bonds. The topological polar surface area (TPSA) is 52.3 Å². The fourth-order valence-electron chi connectivity index (χ4n) is 1.67. The molecule has 0 radical (unpaired) electrons. The molecule has 0 aromatic heterocycles. The van der Waals surface area contributed by atoms with E-state index in [0.29, 0.717) is 32.5 Å². The smallest absolute Gasteiger partial charge is 0.152 e. The molecule has 1 aliphatic rings. The van der Waals surface area contributed by atoms with Crippen molar-refractivity contribution in [1.29, 1.82) is 0 Å². The van der Waals surface area contributed by atoms with Crippen molar-refractivity contribution in [1.82, 2.24) is 0 Å². The molecule has 2 N–H and O–H groups in total. The summed E-state index contributed by atoms with van der Waals surface area (Å²) in [5.74, 6) is 0.183. The van der Waals surface area contributed by atoms with Crippen LogP contribution < -0.4 is 5.73 Å². The lowest BCUT2D eigenvalue weighted by Crippen LogP contribution is -2.51. The summed E-state index contributed by atoms with van der Waals surface area (Å²) in [5, 5.41) is 0. The van der Waals surface area contributed by atoms with E-state index in [4.69, 9.17) is 10.5 Å². The zero-order valence-corrected chi connectivity index (χ0v) is 8.63. The second-order valence-electron chi connectivity index (χ2n) is 3.87. The molecule has 1 fully saturated rings. The highest BCUT2D eigenvalue weighted by Gasteiger charge is 2.34. The number of ether oxygens (including phenoxy) is 1. The van der Waals surface area contributed by atoms with Crippen LogP contribution in [0.1, 0.15) is 32.1 Å². The SMILES string of the molecule is C=CCCCC(=O)C1(N)CCOCC1. The molecule has 14 heavy (non-hydrogen) atoms. The van der Waals surface area contributed by atoms with Gasteiger partial charge in [0.05, 0.1) is 5.54 Å². The number of unbranched alkanes of at least 4 members (excludes halogenated alkanes) is 1. The Bertz CT molecular complexity index is 207. The Morgan fingerprint density at radius 3 is 2.71 bits per heavy atom. The number of rotatable bonds is 5.